The molecule has 0 spiro atoms. The number of hydrogen-bond acceptors (Lipinski definition) is 3. The summed E-state index contributed by atoms with van der Waals surface area (Å²) in [4.78, 5) is 28.5. The Labute approximate surface area is 180 Å². The van der Waals surface area contributed by atoms with Crippen LogP contribution >= 0.6 is 11.6 Å². The molecule has 154 valence electrons. The van der Waals surface area contributed by atoms with Crippen LogP contribution < -0.4 is 0 Å². The second-order valence-electron chi connectivity index (χ2n) is 7.38. The van der Waals surface area contributed by atoms with Gasteiger partial charge in [-0.1, -0.05) is 54.1 Å². The summed E-state index contributed by atoms with van der Waals surface area (Å²) in [5, 5.41) is 5.36. The molecule has 7 heteroatoms. The number of hydrogen-bond donors (Lipinski definition) is 0. The quantitative estimate of drug-likeness (QED) is 0.646. The van der Waals surface area contributed by atoms with Crippen LogP contribution in [0.4, 0.5) is 0 Å². The normalized spacial score (nSPS) is 14.1. The Hall–Kier alpha value is -3.12. The maximum Gasteiger partial charge on any atom is 0.257 e. The zero-order valence-corrected chi connectivity index (χ0v) is 17.5. The Morgan fingerprint density at radius 2 is 1.57 bits per heavy atom. The smallest absolute Gasteiger partial charge is 0.257 e. The first-order valence-corrected chi connectivity index (χ1v) is 10.3. The minimum Gasteiger partial charge on any atom is -0.339 e. The number of halogens is 1. The zero-order valence-electron chi connectivity index (χ0n) is 16.8. The fourth-order valence-electron chi connectivity index (χ4n) is 3.65. The van der Waals surface area contributed by atoms with Crippen LogP contribution in [0.3, 0.4) is 0 Å². The molecule has 4 rings (SSSR count). The molecule has 2 amide bonds. The number of piperazine rings is 1. The molecule has 0 aliphatic carbocycles. The van der Waals surface area contributed by atoms with E-state index in [0.717, 1.165) is 11.1 Å². The fourth-order valence-corrected chi connectivity index (χ4v) is 3.77. The van der Waals surface area contributed by atoms with E-state index in [1.165, 1.54) is 0 Å². The van der Waals surface area contributed by atoms with Crippen molar-refractivity contribution >= 4 is 23.4 Å². The Morgan fingerprint density at radius 3 is 2.20 bits per heavy atom. The van der Waals surface area contributed by atoms with Gasteiger partial charge in [0.1, 0.15) is 5.69 Å². The van der Waals surface area contributed by atoms with Gasteiger partial charge in [0.25, 0.3) is 5.91 Å². The molecule has 1 aliphatic rings. The lowest BCUT2D eigenvalue weighted by molar-refractivity contribution is -0.130. The summed E-state index contributed by atoms with van der Waals surface area (Å²) in [7, 11) is 0. The average molecular weight is 423 g/mol. The van der Waals surface area contributed by atoms with Crippen molar-refractivity contribution in [1.82, 2.24) is 19.6 Å². The molecule has 0 unspecified atom stereocenters. The van der Waals surface area contributed by atoms with Crippen molar-refractivity contribution < 1.29 is 9.59 Å². The topological polar surface area (TPSA) is 58.4 Å². The van der Waals surface area contributed by atoms with Gasteiger partial charge in [-0.25, -0.2) is 0 Å². The number of aromatic nitrogens is 2. The maximum absolute atomic E-state index is 13.3. The largest absolute Gasteiger partial charge is 0.339 e. The monoisotopic (exact) mass is 422 g/mol. The molecule has 1 aromatic heterocycles. The van der Waals surface area contributed by atoms with E-state index in [4.69, 9.17) is 16.7 Å². The van der Waals surface area contributed by atoms with Crippen LogP contribution in [0.1, 0.15) is 22.8 Å². The number of amides is 2. The van der Waals surface area contributed by atoms with Crippen LogP contribution in [0, 0.1) is 0 Å². The lowest BCUT2D eigenvalue weighted by Gasteiger charge is -2.34. The van der Waals surface area contributed by atoms with Gasteiger partial charge in [-0.15, -0.1) is 0 Å². The van der Waals surface area contributed by atoms with Gasteiger partial charge in [0.2, 0.25) is 5.91 Å². The van der Waals surface area contributed by atoms with Crippen molar-refractivity contribution in [1.29, 1.82) is 0 Å². The molecule has 2 heterocycles. The van der Waals surface area contributed by atoms with E-state index in [1.807, 2.05) is 48.7 Å². The van der Waals surface area contributed by atoms with Crippen LogP contribution in [0.25, 0.3) is 11.3 Å². The minimum atomic E-state index is -0.0672. The summed E-state index contributed by atoms with van der Waals surface area (Å²) in [5.74, 6) is -0.0258. The summed E-state index contributed by atoms with van der Waals surface area (Å²) in [5.41, 5.74) is 3.15. The van der Waals surface area contributed by atoms with Crippen LogP contribution in [-0.4, -0.2) is 57.6 Å². The van der Waals surface area contributed by atoms with Gasteiger partial charge in [0.05, 0.1) is 12.1 Å². The highest BCUT2D eigenvalue weighted by atomic mass is 35.5. The first-order valence-electron chi connectivity index (χ1n) is 9.93. The summed E-state index contributed by atoms with van der Waals surface area (Å²) in [6, 6.07) is 17.4. The summed E-state index contributed by atoms with van der Waals surface area (Å²) >= 11 is 6.04. The first-order chi connectivity index (χ1) is 14.5. The van der Waals surface area contributed by atoms with E-state index >= 15 is 0 Å². The summed E-state index contributed by atoms with van der Waals surface area (Å²) in [6.07, 6.45) is 1.82. The molecule has 0 saturated carbocycles. The highest BCUT2D eigenvalue weighted by Gasteiger charge is 2.27. The van der Waals surface area contributed by atoms with Gasteiger partial charge >= 0.3 is 0 Å². The lowest BCUT2D eigenvalue weighted by atomic mass is 10.1. The zero-order chi connectivity index (χ0) is 21.1. The molecule has 1 saturated heterocycles. The van der Waals surface area contributed by atoms with E-state index in [0.29, 0.717) is 49.0 Å². The maximum atomic E-state index is 13.3. The number of benzene rings is 2. The third kappa shape index (κ3) is 4.39. The SMILES string of the molecule is CC(=O)N1CCN(C(=O)c2cn(Cc3ccccc3)nc2-c2ccc(Cl)cc2)CC1. The first kappa shape index (κ1) is 20.2. The standard InChI is InChI=1S/C23H23ClN4O2/c1-17(29)26-11-13-27(14-12-26)23(30)21-16-28(15-18-5-3-2-4-6-18)25-22(21)19-7-9-20(24)10-8-19/h2-10,16H,11-15H2,1H3. The van der Waals surface area contributed by atoms with Crippen molar-refractivity contribution in [3.63, 3.8) is 0 Å². The van der Waals surface area contributed by atoms with Crippen molar-refractivity contribution in [2.24, 2.45) is 0 Å². The van der Waals surface area contributed by atoms with Crippen LogP contribution in [-0.2, 0) is 11.3 Å². The molecule has 2 aromatic carbocycles. The molecule has 30 heavy (non-hydrogen) atoms. The second-order valence-corrected chi connectivity index (χ2v) is 7.82. The third-order valence-electron chi connectivity index (χ3n) is 5.31. The second kappa shape index (κ2) is 8.71. The van der Waals surface area contributed by atoms with Crippen LogP contribution in [0.5, 0.6) is 0 Å². The molecule has 3 aromatic rings. The van der Waals surface area contributed by atoms with E-state index in [-0.39, 0.29) is 11.8 Å². The molecule has 6 nitrogen and oxygen atoms in total. The molecule has 1 fully saturated rings. The number of carbonyl (C=O) groups is 2. The molecule has 1 aliphatic heterocycles. The Kier molecular flexibility index (Phi) is 5.86. The van der Waals surface area contributed by atoms with E-state index < -0.39 is 0 Å². The third-order valence-corrected chi connectivity index (χ3v) is 5.56. The number of nitrogens with zero attached hydrogens (tertiary/aromatic N) is 4. The highest BCUT2D eigenvalue weighted by Crippen LogP contribution is 2.26. The Morgan fingerprint density at radius 1 is 0.933 bits per heavy atom. The molecule has 0 atom stereocenters. The van der Waals surface area contributed by atoms with Crippen LogP contribution in [0.15, 0.2) is 60.8 Å². The Bertz CT molecular complexity index is 1040. The molecular formula is C23H23ClN4O2. The van der Waals surface area contributed by atoms with Crippen molar-refractivity contribution in [2.45, 2.75) is 13.5 Å². The predicted octanol–water partition coefficient (Wildman–Crippen LogP) is 3.56. The van der Waals surface area contributed by atoms with Gasteiger partial charge < -0.3 is 9.80 Å². The van der Waals surface area contributed by atoms with Crippen molar-refractivity contribution in [2.75, 3.05) is 26.2 Å². The van der Waals surface area contributed by atoms with E-state index in [9.17, 15) is 9.59 Å². The van der Waals surface area contributed by atoms with Gasteiger partial charge in [0, 0.05) is 49.9 Å². The van der Waals surface area contributed by atoms with E-state index in [2.05, 4.69) is 0 Å². The predicted molar refractivity (Wildman–Crippen MR) is 116 cm³/mol. The molecule has 0 radical (unpaired) electrons. The molecule has 0 N–H and O–H groups in total. The summed E-state index contributed by atoms with van der Waals surface area (Å²) < 4.78 is 1.80. The lowest BCUT2D eigenvalue weighted by Crippen LogP contribution is -2.50. The minimum absolute atomic E-state index is 0.0413. The van der Waals surface area contributed by atoms with Crippen LogP contribution in [0.2, 0.25) is 5.02 Å². The van der Waals surface area contributed by atoms with E-state index in [1.54, 1.807) is 33.5 Å². The summed E-state index contributed by atoms with van der Waals surface area (Å²) in [6.45, 7) is 4.27. The van der Waals surface area contributed by atoms with Gasteiger partial charge in [-0.3, -0.25) is 14.3 Å². The Balaban J connectivity index is 1.64. The molecule has 0 bridgehead atoms. The van der Waals surface area contributed by atoms with Crippen molar-refractivity contribution in [3.8, 4) is 11.3 Å². The number of rotatable bonds is 4. The highest BCUT2D eigenvalue weighted by molar-refractivity contribution is 6.30. The van der Waals surface area contributed by atoms with Gasteiger partial charge in [-0.05, 0) is 17.7 Å². The fraction of sp³-hybridized carbons (Fsp3) is 0.261. The average Bonchev–Trinajstić information content (AvgIpc) is 3.18. The van der Waals surface area contributed by atoms with Crippen molar-refractivity contribution in [3.05, 3.63) is 76.9 Å². The molecular weight excluding hydrogens is 400 g/mol. The van der Waals surface area contributed by atoms with Gasteiger partial charge in [-0.2, -0.15) is 5.10 Å². The number of carbonyl (C=O) groups excluding carboxylic acids is 2. The van der Waals surface area contributed by atoms with Gasteiger partial charge in [0.15, 0.2) is 0 Å².